The second-order valence-electron chi connectivity index (χ2n) is 11.1. The van der Waals surface area contributed by atoms with Gasteiger partial charge in [-0.15, -0.1) is 0 Å². The van der Waals surface area contributed by atoms with Crippen molar-refractivity contribution in [2.24, 2.45) is 0 Å². The molecule has 0 saturated carbocycles. The van der Waals surface area contributed by atoms with Gasteiger partial charge in [-0.05, 0) is 50.2 Å². The summed E-state index contributed by atoms with van der Waals surface area (Å²) in [5.74, 6) is -0.768. The molecule has 4 aromatic heterocycles. The van der Waals surface area contributed by atoms with Crippen molar-refractivity contribution in [2.45, 2.75) is 31.5 Å². The van der Waals surface area contributed by atoms with E-state index >= 15 is 0 Å². The fraction of sp³-hybridized carbons (Fsp3) is 0.344. The standard InChI is InChI=1S/C30H32N8O.C2HF3O2/c1-2-4-25-21(3-1)6-8-28(36-25)39-20-24-19-38-26(18-34-29(30(38)35-24)22-9-11-31-12-10-22)23-5-7-27(33-17-23)37-15-13-32-14-16-37;3-2(4,5)1(6)7/h1-8,17-19,22,31-32H,9-16,20H2;(H,6,7). The molecule has 3 N–H and O–H groups in total. The summed E-state index contributed by atoms with van der Waals surface area (Å²) >= 11 is 0. The highest BCUT2D eigenvalue weighted by Gasteiger charge is 2.38. The van der Waals surface area contributed by atoms with Crippen molar-refractivity contribution >= 4 is 28.3 Å². The number of aliphatic carboxylic acids is 1. The lowest BCUT2D eigenvalue weighted by molar-refractivity contribution is -0.192. The van der Waals surface area contributed by atoms with Gasteiger partial charge in [0.25, 0.3) is 0 Å². The van der Waals surface area contributed by atoms with Crippen LogP contribution < -0.4 is 20.3 Å². The first kappa shape index (κ1) is 31.2. The van der Waals surface area contributed by atoms with Crippen molar-refractivity contribution in [1.82, 2.24) is 35.0 Å². The second kappa shape index (κ2) is 13.7. The highest BCUT2D eigenvalue weighted by Crippen LogP contribution is 2.31. The van der Waals surface area contributed by atoms with Crippen molar-refractivity contribution < 1.29 is 27.8 Å². The number of piperazine rings is 1. The van der Waals surface area contributed by atoms with Gasteiger partial charge in [0.05, 0.1) is 28.8 Å². The molecule has 0 spiro atoms. The van der Waals surface area contributed by atoms with Crippen LogP contribution in [0.2, 0.25) is 0 Å². The van der Waals surface area contributed by atoms with Crippen LogP contribution in [0.3, 0.4) is 0 Å². The molecular formula is C32H33F3N8O3. The summed E-state index contributed by atoms with van der Waals surface area (Å²) in [6.45, 7) is 6.25. The lowest BCUT2D eigenvalue weighted by Crippen LogP contribution is -2.43. The number of rotatable bonds is 6. The summed E-state index contributed by atoms with van der Waals surface area (Å²) in [4.78, 5) is 30.7. The van der Waals surface area contributed by atoms with E-state index in [1.807, 2.05) is 42.7 Å². The van der Waals surface area contributed by atoms with Gasteiger partial charge < -0.3 is 25.4 Å². The molecule has 46 heavy (non-hydrogen) atoms. The Kier molecular flexibility index (Phi) is 9.26. The van der Waals surface area contributed by atoms with Crippen LogP contribution in [0, 0.1) is 0 Å². The molecule has 0 unspecified atom stereocenters. The van der Waals surface area contributed by atoms with Crippen LogP contribution in [0.15, 0.2) is 67.1 Å². The minimum atomic E-state index is -5.08. The second-order valence-corrected chi connectivity index (χ2v) is 11.1. The molecule has 7 rings (SSSR count). The van der Waals surface area contributed by atoms with Gasteiger partial charge in [-0.1, -0.05) is 18.2 Å². The fourth-order valence-electron chi connectivity index (χ4n) is 5.60. The first-order valence-electron chi connectivity index (χ1n) is 15.0. The van der Waals surface area contributed by atoms with Crippen LogP contribution in [-0.2, 0) is 11.4 Å². The first-order valence-corrected chi connectivity index (χ1v) is 15.0. The Morgan fingerprint density at radius 3 is 2.39 bits per heavy atom. The number of anilines is 1. The summed E-state index contributed by atoms with van der Waals surface area (Å²) in [5.41, 5.74) is 5.71. The van der Waals surface area contributed by atoms with Crippen LogP contribution in [0.4, 0.5) is 19.0 Å². The van der Waals surface area contributed by atoms with Crippen molar-refractivity contribution in [3.63, 3.8) is 0 Å². The average molecular weight is 635 g/mol. The van der Waals surface area contributed by atoms with E-state index in [0.29, 0.717) is 18.4 Å². The molecule has 5 aromatic rings. The Balaban J connectivity index is 0.000000480. The third kappa shape index (κ3) is 7.18. The zero-order valence-corrected chi connectivity index (χ0v) is 24.9. The van der Waals surface area contributed by atoms with Crippen molar-refractivity contribution in [3.8, 4) is 17.1 Å². The van der Waals surface area contributed by atoms with E-state index in [1.54, 1.807) is 0 Å². The first-order chi connectivity index (χ1) is 22.3. The number of para-hydroxylation sites is 1. The number of ether oxygens (including phenoxy) is 1. The summed E-state index contributed by atoms with van der Waals surface area (Å²) in [6.07, 6.45) is 3.03. The molecule has 1 aromatic carbocycles. The van der Waals surface area contributed by atoms with E-state index in [4.69, 9.17) is 29.6 Å². The van der Waals surface area contributed by atoms with Crippen LogP contribution in [0.25, 0.3) is 27.8 Å². The summed E-state index contributed by atoms with van der Waals surface area (Å²) in [6, 6.07) is 16.3. The summed E-state index contributed by atoms with van der Waals surface area (Å²) in [5, 5.41) is 15.1. The van der Waals surface area contributed by atoms with Gasteiger partial charge in [0.15, 0.2) is 5.65 Å². The zero-order valence-electron chi connectivity index (χ0n) is 24.9. The zero-order chi connectivity index (χ0) is 32.1. The molecule has 0 aliphatic carbocycles. The van der Waals surface area contributed by atoms with Crippen LogP contribution in [0.5, 0.6) is 5.88 Å². The quantitative estimate of drug-likeness (QED) is 0.247. The highest BCUT2D eigenvalue weighted by atomic mass is 19.4. The molecule has 0 atom stereocenters. The molecule has 0 amide bonds. The monoisotopic (exact) mass is 634 g/mol. The molecule has 0 radical (unpaired) electrons. The van der Waals surface area contributed by atoms with Gasteiger partial charge in [0, 0.05) is 61.5 Å². The number of benzene rings is 1. The van der Waals surface area contributed by atoms with Gasteiger partial charge in [0.2, 0.25) is 5.88 Å². The molecule has 0 bridgehead atoms. The topological polar surface area (TPSA) is 130 Å². The van der Waals surface area contributed by atoms with Gasteiger partial charge in [-0.3, -0.25) is 9.38 Å². The van der Waals surface area contributed by atoms with Crippen LogP contribution >= 0.6 is 0 Å². The predicted octanol–water partition coefficient (Wildman–Crippen LogP) is 4.43. The number of carboxylic acids is 1. The van der Waals surface area contributed by atoms with E-state index < -0.39 is 12.1 Å². The van der Waals surface area contributed by atoms with Crippen LogP contribution in [0.1, 0.15) is 30.1 Å². The Bertz CT molecular complexity index is 1800. The maximum absolute atomic E-state index is 10.6. The Labute approximate surface area is 262 Å². The average Bonchev–Trinajstić information content (AvgIpc) is 3.52. The molecule has 6 heterocycles. The number of aromatic nitrogens is 5. The molecule has 2 fully saturated rings. The third-order valence-electron chi connectivity index (χ3n) is 7.96. The molecule has 11 nitrogen and oxygen atoms in total. The molecule has 2 saturated heterocycles. The number of halogens is 3. The molecule has 240 valence electrons. The number of piperidine rings is 1. The Morgan fingerprint density at radius 2 is 1.67 bits per heavy atom. The number of nitrogens with one attached hydrogen (secondary N) is 2. The summed E-state index contributed by atoms with van der Waals surface area (Å²) < 4.78 is 40.0. The Morgan fingerprint density at radius 1 is 0.935 bits per heavy atom. The van der Waals surface area contributed by atoms with Gasteiger partial charge in [-0.2, -0.15) is 13.2 Å². The van der Waals surface area contributed by atoms with Gasteiger partial charge in [0.1, 0.15) is 12.4 Å². The van der Waals surface area contributed by atoms with E-state index in [2.05, 4.69) is 49.3 Å². The minimum Gasteiger partial charge on any atom is -0.475 e. The Hall–Kier alpha value is -4.82. The number of nitrogens with zero attached hydrogens (tertiary/aromatic N) is 6. The molecule has 2 aliphatic heterocycles. The number of hydrogen-bond donors (Lipinski definition) is 3. The predicted molar refractivity (Wildman–Crippen MR) is 166 cm³/mol. The SMILES string of the molecule is O=C(O)C(F)(F)F.c1ccc2nc(OCc3cn4c(-c5ccc(N6CCNCC6)nc5)cnc(C5CCNCC5)c4n3)ccc2c1. The van der Waals surface area contributed by atoms with Crippen molar-refractivity contribution in [3.05, 3.63) is 78.5 Å². The number of fused-ring (bicyclic) bond motifs is 2. The fourth-order valence-corrected chi connectivity index (χ4v) is 5.60. The number of pyridine rings is 2. The largest absolute Gasteiger partial charge is 0.490 e. The number of carboxylic acid groups (broad SMARTS) is 1. The maximum Gasteiger partial charge on any atom is 0.490 e. The summed E-state index contributed by atoms with van der Waals surface area (Å²) in [7, 11) is 0. The lowest BCUT2D eigenvalue weighted by Gasteiger charge is -2.28. The number of alkyl halides is 3. The third-order valence-corrected chi connectivity index (χ3v) is 7.96. The highest BCUT2D eigenvalue weighted by molar-refractivity contribution is 5.78. The molecular weight excluding hydrogens is 601 g/mol. The van der Waals surface area contributed by atoms with Crippen molar-refractivity contribution in [1.29, 1.82) is 0 Å². The van der Waals surface area contributed by atoms with Crippen LogP contribution in [-0.4, -0.2) is 80.9 Å². The minimum absolute atomic E-state index is 0.332. The maximum atomic E-state index is 10.6. The number of imidazole rings is 1. The van der Waals surface area contributed by atoms with Gasteiger partial charge >= 0.3 is 12.1 Å². The smallest absolute Gasteiger partial charge is 0.475 e. The normalized spacial score (nSPS) is 15.8. The van der Waals surface area contributed by atoms with Gasteiger partial charge in [-0.25, -0.2) is 19.7 Å². The van der Waals surface area contributed by atoms with E-state index in [9.17, 15) is 13.2 Å². The van der Waals surface area contributed by atoms with Crippen molar-refractivity contribution in [2.75, 3.05) is 44.2 Å². The lowest BCUT2D eigenvalue weighted by atomic mass is 9.94. The molecule has 14 heteroatoms. The van der Waals surface area contributed by atoms with E-state index in [1.165, 1.54) is 0 Å². The number of hydrogen-bond acceptors (Lipinski definition) is 9. The number of carbonyl (C=O) groups is 1. The molecule has 2 aliphatic rings. The van der Waals surface area contributed by atoms with E-state index in [-0.39, 0.29) is 0 Å². The van der Waals surface area contributed by atoms with E-state index in [0.717, 1.165) is 97.1 Å².